The molecule has 4 aliphatic heterocycles. The summed E-state index contributed by atoms with van der Waals surface area (Å²) in [6.07, 6.45) is 3.37. The van der Waals surface area contributed by atoms with Gasteiger partial charge in [-0.05, 0) is 70.2 Å². The van der Waals surface area contributed by atoms with E-state index >= 15 is 0 Å². The first kappa shape index (κ1) is 29.3. The molecule has 0 unspecified atom stereocenters. The van der Waals surface area contributed by atoms with Crippen molar-refractivity contribution < 1.29 is 28.5 Å². The molecular formula is C34H41N3O7. The third-order valence-electron chi connectivity index (χ3n) is 10.4. The first-order chi connectivity index (χ1) is 21.1. The molecular weight excluding hydrogens is 562 g/mol. The van der Waals surface area contributed by atoms with Gasteiger partial charge in [0.25, 0.3) is 0 Å². The second-order valence-corrected chi connectivity index (χ2v) is 13.2. The van der Waals surface area contributed by atoms with Crippen LogP contribution in [-0.4, -0.2) is 47.6 Å². The Hall–Kier alpha value is -3.44. The van der Waals surface area contributed by atoms with Crippen LogP contribution in [-0.2, 0) is 20.7 Å². The Labute approximate surface area is 256 Å². The highest BCUT2D eigenvalue weighted by molar-refractivity contribution is 5.88. The summed E-state index contributed by atoms with van der Waals surface area (Å²) in [5.74, 6) is 0.105. The SMILES string of the molecule is Cc1cc(=O)c2c(O)c3c(cc2o1)O[C@@](C)(C1CCNCC1)[C@@H]1OC(=O)[C@@]2(CCCC[C@@H]31)O[C@@H]2Cc1cccc(C(N)N)c1. The molecule has 7 rings (SSSR count). The maximum absolute atomic E-state index is 14.2. The van der Waals surface area contributed by atoms with Gasteiger partial charge in [0.1, 0.15) is 46.0 Å². The molecule has 10 nitrogen and oxygen atoms in total. The van der Waals surface area contributed by atoms with E-state index in [1.165, 1.54) is 6.07 Å². The molecule has 3 aromatic rings. The molecule has 5 heterocycles. The van der Waals surface area contributed by atoms with Gasteiger partial charge in [-0.2, -0.15) is 0 Å². The number of fused-ring (bicyclic) bond motifs is 4. The van der Waals surface area contributed by atoms with Gasteiger partial charge >= 0.3 is 5.97 Å². The number of phenols is 1. The molecule has 3 saturated heterocycles. The minimum atomic E-state index is -1.05. The smallest absolute Gasteiger partial charge is 0.341 e. The first-order valence-electron chi connectivity index (χ1n) is 15.8. The fraction of sp³-hybridized carbons (Fsp3) is 0.529. The molecule has 2 aromatic carbocycles. The standard InChI is InChI=1S/C34H41N3O7/c1-18-14-23(38)28-24(41-18)17-25-27(29(28)39)22-8-3-4-11-34(26(44-34)16-19-6-5-7-20(15-19)31(35)36)32(40)42-30(22)33(2,43-25)21-9-12-37-13-10-21/h5-7,14-15,17,21-22,26,30-31,37,39H,3-4,8-13,16,35-36H2,1-2H3/t22-,26+,30+,33-,34-/m0/s1. The summed E-state index contributed by atoms with van der Waals surface area (Å²) in [7, 11) is 0. The molecule has 6 N–H and O–H groups in total. The largest absolute Gasteiger partial charge is 0.507 e. The lowest BCUT2D eigenvalue weighted by Crippen LogP contribution is -2.59. The van der Waals surface area contributed by atoms with Crippen LogP contribution in [0.4, 0.5) is 0 Å². The number of aryl methyl sites for hydroxylation is 1. The second-order valence-electron chi connectivity index (χ2n) is 13.2. The van der Waals surface area contributed by atoms with Crippen molar-refractivity contribution in [1.29, 1.82) is 0 Å². The van der Waals surface area contributed by atoms with Crippen LogP contribution in [0.2, 0.25) is 0 Å². The van der Waals surface area contributed by atoms with Crippen LogP contribution in [0.15, 0.2) is 45.6 Å². The van der Waals surface area contributed by atoms with Gasteiger partial charge in [0.05, 0.1) is 6.17 Å². The molecule has 5 atom stereocenters. The van der Waals surface area contributed by atoms with E-state index in [2.05, 4.69) is 5.32 Å². The highest BCUT2D eigenvalue weighted by atomic mass is 16.7. The highest BCUT2D eigenvalue weighted by Crippen LogP contribution is 2.55. The molecule has 10 heteroatoms. The summed E-state index contributed by atoms with van der Waals surface area (Å²) in [6.45, 7) is 5.40. The summed E-state index contributed by atoms with van der Waals surface area (Å²) < 4.78 is 25.5. The Morgan fingerprint density at radius 3 is 2.66 bits per heavy atom. The van der Waals surface area contributed by atoms with Gasteiger partial charge in [-0.3, -0.25) is 4.79 Å². The van der Waals surface area contributed by atoms with Gasteiger partial charge in [0, 0.05) is 36.0 Å². The molecule has 0 bridgehead atoms. The lowest BCUT2D eigenvalue weighted by atomic mass is 9.69. The van der Waals surface area contributed by atoms with Crippen molar-refractivity contribution in [3.63, 3.8) is 0 Å². The Balaban J connectivity index is 1.27. The number of benzene rings is 2. The van der Waals surface area contributed by atoms with E-state index in [9.17, 15) is 14.7 Å². The quantitative estimate of drug-likeness (QED) is 0.196. The van der Waals surface area contributed by atoms with Crippen molar-refractivity contribution in [1.82, 2.24) is 5.32 Å². The topological polar surface area (TPSA) is 163 Å². The van der Waals surface area contributed by atoms with Crippen LogP contribution in [0.3, 0.4) is 0 Å². The van der Waals surface area contributed by atoms with Crippen molar-refractivity contribution in [2.45, 2.75) is 94.3 Å². The van der Waals surface area contributed by atoms with E-state index in [1.54, 1.807) is 13.0 Å². The summed E-state index contributed by atoms with van der Waals surface area (Å²) in [5.41, 5.74) is 12.2. The lowest BCUT2D eigenvalue weighted by Gasteiger charge is -2.50. The molecule has 44 heavy (non-hydrogen) atoms. The number of epoxide rings is 1. The zero-order chi connectivity index (χ0) is 30.8. The number of esters is 1. The maximum Gasteiger partial charge on any atom is 0.341 e. The normalized spacial score (nSPS) is 30.6. The number of aromatic hydroxyl groups is 1. The van der Waals surface area contributed by atoms with Crippen LogP contribution < -0.4 is 26.9 Å². The average Bonchev–Trinajstić information content (AvgIpc) is 3.68. The predicted molar refractivity (Wildman–Crippen MR) is 163 cm³/mol. The van der Waals surface area contributed by atoms with Crippen molar-refractivity contribution >= 4 is 16.9 Å². The van der Waals surface area contributed by atoms with Crippen molar-refractivity contribution in [2.75, 3.05) is 13.1 Å². The second kappa shape index (κ2) is 10.9. The summed E-state index contributed by atoms with van der Waals surface area (Å²) >= 11 is 0. The van der Waals surface area contributed by atoms with E-state index < -0.39 is 29.4 Å². The number of ether oxygens (including phenoxy) is 3. The highest BCUT2D eigenvalue weighted by Gasteiger charge is 2.65. The minimum Gasteiger partial charge on any atom is -0.507 e. The maximum atomic E-state index is 14.2. The van der Waals surface area contributed by atoms with Gasteiger partial charge in [-0.15, -0.1) is 0 Å². The number of piperidine rings is 1. The van der Waals surface area contributed by atoms with Crippen LogP contribution in [0, 0.1) is 12.8 Å². The van der Waals surface area contributed by atoms with E-state index in [1.807, 2.05) is 31.2 Å². The molecule has 0 amide bonds. The molecule has 1 spiro atoms. The van der Waals surface area contributed by atoms with Gasteiger partial charge in [-0.25, -0.2) is 4.79 Å². The minimum absolute atomic E-state index is 0.0930. The fourth-order valence-corrected chi connectivity index (χ4v) is 7.95. The van der Waals surface area contributed by atoms with Gasteiger partial charge in [-0.1, -0.05) is 30.7 Å². The van der Waals surface area contributed by atoms with Crippen LogP contribution in [0.1, 0.15) is 80.0 Å². The molecule has 4 aliphatic rings. The number of hydrogen-bond acceptors (Lipinski definition) is 10. The summed E-state index contributed by atoms with van der Waals surface area (Å²) in [5, 5.41) is 15.2. The monoisotopic (exact) mass is 603 g/mol. The zero-order valence-corrected chi connectivity index (χ0v) is 25.3. The number of nitrogens with two attached hydrogens (primary N) is 2. The number of hydrogen-bond donors (Lipinski definition) is 4. The van der Waals surface area contributed by atoms with Crippen LogP contribution in [0.25, 0.3) is 11.0 Å². The van der Waals surface area contributed by atoms with Gasteiger partial charge in [0.2, 0.25) is 0 Å². The number of carbonyl (C=O) groups excluding carboxylic acids is 1. The van der Waals surface area contributed by atoms with Gasteiger partial charge < -0.3 is 40.5 Å². The number of rotatable bonds is 4. The van der Waals surface area contributed by atoms with Crippen molar-refractivity contribution in [3.05, 3.63) is 69.1 Å². The summed E-state index contributed by atoms with van der Waals surface area (Å²) in [6, 6.07) is 10.9. The van der Waals surface area contributed by atoms with E-state index in [0.717, 1.165) is 49.9 Å². The third kappa shape index (κ3) is 4.79. The number of nitrogens with one attached hydrogen (secondary N) is 1. The van der Waals surface area contributed by atoms with Crippen molar-refractivity contribution in [2.24, 2.45) is 17.4 Å². The first-order valence-corrected chi connectivity index (χ1v) is 15.8. The molecule has 0 aliphatic carbocycles. The van der Waals surface area contributed by atoms with Crippen LogP contribution >= 0.6 is 0 Å². The number of phenolic OH excluding ortho intramolecular Hbond substituents is 1. The summed E-state index contributed by atoms with van der Waals surface area (Å²) in [4.78, 5) is 27.2. The molecule has 0 saturated carbocycles. The molecule has 3 fully saturated rings. The number of carbonyl (C=O) groups is 1. The lowest BCUT2D eigenvalue weighted by molar-refractivity contribution is -0.180. The Morgan fingerprint density at radius 2 is 1.89 bits per heavy atom. The van der Waals surface area contributed by atoms with E-state index in [0.29, 0.717) is 36.3 Å². The Bertz CT molecular complexity index is 1660. The zero-order valence-electron chi connectivity index (χ0n) is 25.3. The van der Waals surface area contributed by atoms with Crippen LogP contribution in [0.5, 0.6) is 11.5 Å². The average molecular weight is 604 g/mol. The van der Waals surface area contributed by atoms with Crippen molar-refractivity contribution in [3.8, 4) is 11.5 Å². The van der Waals surface area contributed by atoms with Gasteiger partial charge in [0.15, 0.2) is 11.0 Å². The molecule has 0 radical (unpaired) electrons. The fourth-order valence-electron chi connectivity index (χ4n) is 7.95. The molecule has 1 aromatic heterocycles. The predicted octanol–water partition coefficient (Wildman–Crippen LogP) is 3.82. The Morgan fingerprint density at radius 1 is 1.09 bits per heavy atom. The Kier molecular flexibility index (Phi) is 7.23. The van der Waals surface area contributed by atoms with E-state index in [4.69, 9.17) is 30.1 Å². The van der Waals surface area contributed by atoms with E-state index in [-0.39, 0.29) is 40.1 Å². The molecule has 234 valence electrons. The third-order valence-corrected chi connectivity index (χ3v) is 10.4.